The molecule has 0 aliphatic heterocycles. The summed E-state index contributed by atoms with van der Waals surface area (Å²) in [6.07, 6.45) is 3.69. The molecule has 0 aromatic carbocycles. The van der Waals surface area contributed by atoms with Crippen molar-refractivity contribution < 1.29 is 4.79 Å². The number of likely N-dealkylation sites (N-methyl/N-ethyl adjacent to an activating group) is 1. The van der Waals surface area contributed by atoms with E-state index in [2.05, 4.69) is 19.2 Å². The predicted octanol–water partition coefficient (Wildman–Crippen LogP) is 1.24. The van der Waals surface area contributed by atoms with Crippen molar-refractivity contribution in [3.8, 4) is 0 Å². The molecule has 0 aromatic rings. The monoisotopic (exact) mass is 198 g/mol. The Bertz CT molecular complexity index is 190. The number of carbonyl (C=O) groups is 1. The molecule has 0 bridgehead atoms. The van der Waals surface area contributed by atoms with E-state index in [4.69, 9.17) is 0 Å². The third-order valence-electron chi connectivity index (χ3n) is 3.05. The van der Waals surface area contributed by atoms with Gasteiger partial charge in [0, 0.05) is 13.1 Å². The smallest absolute Gasteiger partial charge is 0.236 e. The molecule has 1 aliphatic carbocycles. The largest absolute Gasteiger partial charge is 0.342 e. The van der Waals surface area contributed by atoms with Crippen LogP contribution < -0.4 is 5.32 Å². The van der Waals surface area contributed by atoms with Gasteiger partial charge in [0.15, 0.2) is 0 Å². The van der Waals surface area contributed by atoms with Gasteiger partial charge in [-0.15, -0.1) is 0 Å². The molecule has 0 heterocycles. The molecule has 0 spiro atoms. The van der Waals surface area contributed by atoms with E-state index in [1.165, 1.54) is 12.8 Å². The molecule has 14 heavy (non-hydrogen) atoms. The van der Waals surface area contributed by atoms with Crippen LogP contribution in [0.5, 0.6) is 0 Å². The summed E-state index contributed by atoms with van der Waals surface area (Å²) in [4.78, 5) is 13.4. The van der Waals surface area contributed by atoms with Crippen LogP contribution in [-0.4, -0.2) is 37.0 Å². The van der Waals surface area contributed by atoms with Crippen molar-refractivity contribution in [3.05, 3.63) is 0 Å². The molecule has 1 saturated carbocycles. The maximum absolute atomic E-state index is 11.6. The summed E-state index contributed by atoms with van der Waals surface area (Å²) in [5.74, 6) is 1.05. The highest BCUT2D eigenvalue weighted by Crippen LogP contribution is 2.27. The zero-order valence-electron chi connectivity index (χ0n) is 9.55. The fourth-order valence-corrected chi connectivity index (χ4v) is 1.35. The van der Waals surface area contributed by atoms with Gasteiger partial charge in [0.2, 0.25) is 5.91 Å². The first kappa shape index (κ1) is 11.5. The van der Waals surface area contributed by atoms with Gasteiger partial charge >= 0.3 is 0 Å². The summed E-state index contributed by atoms with van der Waals surface area (Å²) < 4.78 is 0. The highest BCUT2D eigenvalue weighted by Gasteiger charge is 2.21. The van der Waals surface area contributed by atoms with E-state index in [1.54, 1.807) is 0 Å². The van der Waals surface area contributed by atoms with Crippen molar-refractivity contribution in [3.63, 3.8) is 0 Å². The van der Waals surface area contributed by atoms with Crippen molar-refractivity contribution in [2.45, 2.75) is 39.2 Å². The second-order valence-corrected chi connectivity index (χ2v) is 4.34. The van der Waals surface area contributed by atoms with Crippen LogP contribution in [0.25, 0.3) is 0 Å². The van der Waals surface area contributed by atoms with Crippen LogP contribution in [0.4, 0.5) is 0 Å². The molecule has 3 nitrogen and oxygen atoms in total. The minimum absolute atomic E-state index is 0.208. The predicted molar refractivity (Wildman–Crippen MR) is 58.1 cm³/mol. The lowest BCUT2D eigenvalue weighted by molar-refractivity contribution is -0.130. The van der Waals surface area contributed by atoms with E-state index in [1.807, 2.05) is 11.9 Å². The minimum atomic E-state index is 0.208. The third kappa shape index (κ3) is 3.66. The lowest BCUT2D eigenvalue weighted by Crippen LogP contribution is -2.40. The average Bonchev–Trinajstić information content (AvgIpc) is 2.99. The Morgan fingerprint density at radius 1 is 1.57 bits per heavy atom. The topological polar surface area (TPSA) is 32.3 Å². The van der Waals surface area contributed by atoms with Gasteiger partial charge in [0.1, 0.15) is 0 Å². The minimum Gasteiger partial charge on any atom is -0.342 e. The fourth-order valence-electron chi connectivity index (χ4n) is 1.35. The number of hydrogen-bond donors (Lipinski definition) is 1. The SMILES string of the molecule is CCC(C)N(C)C(=O)CNCC1CC1. The maximum Gasteiger partial charge on any atom is 0.236 e. The van der Waals surface area contributed by atoms with Gasteiger partial charge in [-0.05, 0) is 38.6 Å². The first-order valence-electron chi connectivity index (χ1n) is 5.61. The number of carbonyl (C=O) groups excluding carboxylic acids is 1. The summed E-state index contributed by atoms with van der Waals surface area (Å²) in [7, 11) is 1.88. The van der Waals surface area contributed by atoms with Crippen molar-refractivity contribution >= 4 is 5.91 Å². The molecule has 1 N–H and O–H groups in total. The van der Waals surface area contributed by atoms with Crippen molar-refractivity contribution in [2.75, 3.05) is 20.1 Å². The number of hydrogen-bond acceptors (Lipinski definition) is 2. The zero-order chi connectivity index (χ0) is 10.6. The molecule has 3 heteroatoms. The lowest BCUT2D eigenvalue weighted by atomic mass is 10.2. The Hall–Kier alpha value is -0.570. The summed E-state index contributed by atoms with van der Waals surface area (Å²) in [5, 5.41) is 3.22. The van der Waals surface area contributed by atoms with Gasteiger partial charge in [0.05, 0.1) is 6.54 Å². The lowest BCUT2D eigenvalue weighted by Gasteiger charge is -2.23. The first-order valence-corrected chi connectivity index (χ1v) is 5.61. The van der Waals surface area contributed by atoms with Gasteiger partial charge < -0.3 is 10.2 Å². The average molecular weight is 198 g/mol. The molecule has 1 amide bonds. The maximum atomic E-state index is 11.6. The normalized spacial score (nSPS) is 17.9. The summed E-state index contributed by atoms with van der Waals surface area (Å²) in [6.45, 7) is 5.70. The van der Waals surface area contributed by atoms with Crippen molar-refractivity contribution in [1.29, 1.82) is 0 Å². The Balaban J connectivity index is 2.11. The van der Waals surface area contributed by atoms with E-state index >= 15 is 0 Å². The number of nitrogens with one attached hydrogen (secondary N) is 1. The van der Waals surface area contributed by atoms with Gasteiger partial charge in [-0.2, -0.15) is 0 Å². The molecule has 1 unspecified atom stereocenters. The molecule has 0 saturated heterocycles. The van der Waals surface area contributed by atoms with Gasteiger partial charge in [-0.1, -0.05) is 6.92 Å². The first-order chi connectivity index (χ1) is 6.65. The molecule has 1 aliphatic rings. The van der Waals surface area contributed by atoms with Crippen molar-refractivity contribution in [1.82, 2.24) is 10.2 Å². The molecule has 1 rings (SSSR count). The standard InChI is InChI=1S/C11H22N2O/c1-4-9(2)13(3)11(14)8-12-7-10-5-6-10/h9-10,12H,4-8H2,1-3H3. The Labute approximate surface area is 86.9 Å². The van der Waals surface area contributed by atoms with Gasteiger partial charge in [-0.3, -0.25) is 4.79 Å². The van der Waals surface area contributed by atoms with Crippen LogP contribution in [0.3, 0.4) is 0 Å². The second kappa shape index (κ2) is 5.35. The fraction of sp³-hybridized carbons (Fsp3) is 0.909. The molecule has 1 fully saturated rings. The van der Waals surface area contributed by atoms with Gasteiger partial charge in [-0.25, -0.2) is 0 Å². The van der Waals surface area contributed by atoms with Crippen LogP contribution in [-0.2, 0) is 4.79 Å². The van der Waals surface area contributed by atoms with E-state index in [9.17, 15) is 4.79 Å². The van der Waals surface area contributed by atoms with Crippen LogP contribution in [0.2, 0.25) is 0 Å². The van der Waals surface area contributed by atoms with Crippen LogP contribution in [0.1, 0.15) is 33.1 Å². The van der Waals surface area contributed by atoms with E-state index in [0.29, 0.717) is 12.6 Å². The van der Waals surface area contributed by atoms with Crippen molar-refractivity contribution in [2.24, 2.45) is 5.92 Å². The Morgan fingerprint density at radius 3 is 2.71 bits per heavy atom. The number of amides is 1. The summed E-state index contributed by atoms with van der Waals surface area (Å²) in [5.41, 5.74) is 0. The molecular formula is C11H22N2O. The Kier molecular flexibility index (Phi) is 4.39. The highest BCUT2D eigenvalue weighted by molar-refractivity contribution is 5.78. The Morgan fingerprint density at radius 2 is 2.21 bits per heavy atom. The second-order valence-electron chi connectivity index (χ2n) is 4.34. The van der Waals surface area contributed by atoms with E-state index < -0.39 is 0 Å². The van der Waals surface area contributed by atoms with E-state index in [0.717, 1.165) is 18.9 Å². The molecular weight excluding hydrogens is 176 g/mol. The van der Waals surface area contributed by atoms with E-state index in [-0.39, 0.29) is 5.91 Å². The third-order valence-corrected chi connectivity index (χ3v) is 3.05. The number of rotatable bonds is 6. The molecule has 0 aromatic heterocycles. The summed E-state index contributed by atoms with van der Waals surface area (Å²) in [6, 6.07) is 0.352. The molecule has 0 radical (unpaired) electrons. The number of nitrogens with zero attached hydrogens (tertiary/aromatic N) is 1. The van der Waals surface area contributed by atoms with Crippen LogP contribution >= 0.6 is 0 Å². The summed E-state index contributed by atoms with van der Waals surface area (Å²) >= 11 is 0. The van der Waals surface area contributed by atoms with Crippen LogP contribution in [0, 0.1) is 5.92 Å². The quantitative estimate of drug-likeness (QED) is 0.696. The molecule has 1 atom stereocenters. The zero-order valence-corrected chi connectivity index (χ0v) is 9.55. The molecule has 82 valence electrons. The van der Waals surface area contributed by atoms with Gasteiger partial charge in [0.25, 0.3) is 0 Å². The highest BCUT2D eigenvalue weighted by atomic mass is 16.2. The van der Waals surface area contributed by atoms with Crippen LogP contribution in [0.15, 0.2) is 0 Å².